The fraction of sp³-hybridized carbons (Fsp3) is 0.455. The zero-order valence-electron chi connectivity index (χ0n) is 17.4. The van der Waals surface area contributed by atoms with Crippen LogP contribution in [0, 0.1) is 5.82 Å². The van der Waals surface area contributed by atoms with Crippen LogP contribution in [-0.2, 0) is 11.3 Å². The highest BCUT2D eigenvalue weighted by molar-refractivity contribution is 6.31. The number of guanidine groups is 1. The summed E-state index contributed by atoms with van der Waals surface area (Å²) in [5.74, 6) is 0.353. The first-order valence-electron chi connectivity index (χ1n) is 10.3. The van der Waals surface area contributed by atoms with Crippen molar-refractivity contribution in [3.63, 3.8) is 0 Å². The number of ether oxygens (including phenoxy) is 1. The number of hydrogen-bond acceptors (Lipinski definition) is 4. The molecular formula is C22H29ClFN5O. The van der Waals surface area contributed by atoms with E-state index in [4.69, 9.17) is 16.3 Å². The van der Waals surface area contributed by atoms with E-state index in [9.17, 15) is 4.39 Å². The Morgan fingerprint density at radius 3 is 2.90 bits per heavy atom. The van der Waals surface area contributed by atoms with Gasteiger partial charge in [0.1, 0.15) is 5.82 Å². The van der Waals surface area contributed by atoms with Gasteiger partial charge in [-0.15, -0.1) is 0 Å². The third-order valence-electron chi connectivity index (χ3n) is 4.98. The maximum Gasteiger partial charge on any atom is 0.191 e. The lowest BCUT2D eigenvalue weighted by Crippen LogP contribution is -2.48. The summed E-state index contributed by atoms with van der Waals surface area (Å²) in [5.41, 5.74) is 1.38. The largest absolute Gasteiger partial charge is 0.376 e. The number of pyridine rings is 1. The zero-order chi connectivity index (χ0) is 21.3. The van der Waals surface area contributed by atoms with Crippen molar-refractivity contribution in [2.75, 3.05) is 32.8 Å². The summed E-state index contributed by atoms with van der Waals surface area (Å²) >= 11 is 6.42. The van der Waals surface area contributed by atoms with E-state index in [0.29, 0.717) is 55.9 Å². The van der Waals surface area contributed by atoms with E-state index in [-0.39, 0.29) is 18.0 Å². The van der Waals surface area contributed by atoms with Crippen LogP contribution in [0.3, 0.4) is 0 Å². The molecule has 0 aliphatic carbocycles. The predicted octanol–water partition coefficient (Wildman–Crippen LogP) is 3.39. The van der Waals surface area contributed by atoms with Crippen LogP contribution in [0.15, 0.2) is 47.6 Å². The number of hydrogen-bond donors (Lipinski definition) is 2. The molecule has 0 amide bonds. The summed E-state index contributed by atoms with van der Waals surface area (Å²) in [5, 5.41) is 7.03. The molecule has 2 atom stereocenters. The molecule has 1 aliphatic heterocycles. The number of halogens is 2. The molecule has 6 nitrogen and oxygen atoms in total. The van der Waals surface area contributed by atoms with Gasteiger partial charge in [0.2, 0.25) is 0 Å². The lowest BCUT2D eigenvalue weighted by molar-refractivity contribution is -0.0343. The number of nitrogens with one attached hydrogen (secondary N) is 2. The highest BCUT2D eigenvalue weighted by Crippen LogP contribution is 2.31. The van der Waals surface area contributed by atoms with Crippen LogP contribution < -0.4 is 10.6 Å². The molecule has 1 aliphatic rings. The number of morpholine rings is 1. The minimum atomic E-state index is -0.302. The molecule has 1 aromatic heterocycles. The molecule has 2 N–H and O–H groups in total. The average Bonchev–Trinajstić information content (AvgIpc) is 2.74. The minimum absolute atomic E-state index is 0.0814. The van der Waals surface area contributed by atoms with Gasteiger partial charge in [-0.25, -0.2) is 9.38 Å². The van der Waals surface area contributed by atoms with Gasteiger partial charge in [0, 0.05) is 43.0 Å². The van der Waals surface area contributed by atoms with Gasteiger partial charge >= 0.3 is 0 Å². The fourth-order valence-electron chi connectivity index (χ4n) is 3.56. The van der Waals surface area contributed by atoms with E-state index in [0.717, 1.165) is 5.69 Å². The maximum absolute atomic E-state index is 14.8. The predicted molar refractivity (Wildman–Crippen MR) is 118 cm³/mol. The molecule has 0 bridgehead atoms. The van der Waals surface area contributed by atoms with Gasteiger partial charge in [-0.3, -0.25) is 9.88 Å². The third kappa shape index (κ3) is 6.14. The van der Waals surface area contributed by atoms with Gasteiger partial charge in [-0.1, -0.05) is 23.7 Å². The monoisotopic (exact) mass is 433 g/mol. The van der Waals surface area contributed by atoms with Gasteiger partial charge in [0.15, 0.2) is 5.96 Å². The second-order valence-electron chi connectivity index (χ2n) is 7.22. The molecule has 0 saturated carbocycles. The van der Waals surface area contributed by atoms with Crippen molar-refractivity contribution in [2.24, 2.45) is 4.99 Å². The SMILES string of the molecule is CCNC(=NCc1ccccn1)NCC(c1c(F)cccc1Cl)N1CCOC(C)C1. The summed E-state index contributed by atoms with van der Waals surface area (Å²) in [6, 6.07) is 10.3. The summed E-state index contributed by atoms with van der Waals surface area (Å²) in [6.07, 6.45) is 1.83. The summed E-state index contributed by atoms with van der Waals surface area (Å²) in [4.78, 5) is 11.1. The van der Waals surface area contributed by atoms with E-state index in [1.807, 2.05) is 32.0 Å². The van der Waals surface area contributed by atoms with E-state index in [1.165, 1.54) is 6.07 Å². The molecule has 1 saturated heterocycles. The van der Waals surface area contributed by atoms with Crippen molar-refractivity contribution in [3.05, 3.63) is 64.7 Å². The Kier molecular flexibility index (Phi) is 8.42. The van der Waals surface area contributed by atoms with Crippen LogP contribution in [-0.4, -0.2) is 54.7 Å². The van der Waals surface area contributed by atoms with Crippen LogP contribution in [0.1, 0.15) is 31.1 Å². The number of aliphatic imine (C=N–C) groups is 1. The van der Waals surface area contributed by atoms with E-state index >= 15 is 0 Å². The molecule has 1 fully saturated rings. The number of rotatable bonds is 7. The molecule has 0 radical (unpaired) electrons. The molecule has 2 aromatic rings. The normalized spacial score (nSPS) is 18.8. The smallest absolute Gasteiger partial charge is 0.191 e. The Balaban J connectivity index is 1.79. The van der Waals surface area contributed by atoms with Gasteiger partial charge in [-0.05, 0) is 38.1 Å². The van der Waals surface area contributed by atoms with Crippen molar-refractivity contribution in [2.45, 2.75) is 32.5 Å². The van der Waals surface area contributed by atoms with Crippen LogP contribution in [0.4, 0.5) is 4.39 Å². The first-order chi connectivity index (χ1) is 14.6. The Bertz CT molecular complexity index is 815. The lowest BCUT2D eigenvalue weighted by atomic mass is 10.0. The van der Waals surface area contributed by atoms with Crippen LogP contribution in [0.25, 0.3) is 0 Å². The highest BCUT2D eigenvalue weighted by Gasteiger charge is 2.29. The quantitative estimate of drug-likeness (QED) is 0.517. The molecule has 162 valence electrons. The van der Waals surface area contributed by atoms with Crippen molar-refractivity contribution in [3.8, 4) is 0 Å². The molecule has 30 heavy (non-hydrogen) atoms. The number of benzene rings is 1. The average molecular weight is 434 g/mol. The van der Waals surface area contributed by atoms with Crippen molar-refractivity contribution < 1.29 is 9.13 Å². The summed E-state index contributed by atoms with van der Waals surface area (Å²) in [6.45, 7) is 7.69. The molecule has 2 unspecified atom stereocenters. The molecule has 8 heteroatoms. The van der Waals surface area contributed by atoms with Crippen molar-refractivity contribution in [1.82, 2.24) is 20.5 Å². The first-order valence-corrected chi connectivity index (χ1v) is 10.7. The number of nitrogens with zero attached hydrogens (tertiary/aromatic N) is 3. The Morgan fingerprint density at radius 1 is 1.33 bits per heavy atom. The Hall–Kier alpha value is -2.22. The second kappa shape index (κ2) is 11.2. The molecule has 0 spiro atoms. The van der Waals surface area contributed by atoms with Crippen molar-refractivity contribution in [1.29, 1.82) is 0 Å². The van der Waals surface area contributed by atoms with Gasteiger partial charge in [0.05, 0.1) is 31.0 Å². The molecule has 3 rings (SSSR count). The second-order valence-corrected chi connectivity index (χ2v) is 7.63. The summed E-state index contributed by atoms with van der Waals surface area (Å²) in [7, 11) is 0. The van der Waals surface area contributed by atoms with Crippen LogP contribution in [0.5, 0.6) is 0 Å². The molecule has 2 heterocycles. The molecule has 1 aromatic carbocycles. The lowest BCUT2D eigenvalue weighted by Gasteiger charge is -2.38. The maximum atomic E-state index is 14.8. The Labute approximate surface area is 182 Å². The first kappa shape index (κ1) is 22.5. The topological polar surface area (TPSA) is 61.8 Å². The minimum Gasteiger partial charge on any atom is -0.376 e. The van der Waals surface area contributed by atoms with Crippen LogP contribution in [0.2, 0.25) is 5.02 Å². The zero-order valence-corrected chi connectivity index (χ0v) is 18.2. The van der Waals surface area contributed by atoms with E-state index in [1.54, 1.807) is 18.3 Å². The van der Waals surface area contributed by atoms with E-state index < -0.39 is 0 Å². The van der Waals surface area contributed by atoms with Crippen molar-refractivity contribution >= 4 is 17.6 Å². The van der Waals surface area contributed by atoms with Gasteiger partial charge < -0.3 is 15.4 Å². The van der Waals surface area contributed by atoms with E-state index in [2.05, 4.69) is 25.5 Å². The number of aromatic nitrogens is 1. The third-order valence-corrected chi connectivity index (χ3v) is 5.31. The fourth-order valence-corrected chi connectivity index (χ4v) is 3.85. The Morgan fingerprint density at radius 2 is 2.20 bits per heavy atom. The van der Waals surface area contributed by atoms with Crippen LogP contribution >= 0.6 is 11.6 Å². The molecular weight excluding hydrogens is 405 g/mol. The standard InChI is InChI=1S/C22H29ClFN5O/c1-3-25-22(27-13-17-7-4-5-10-26-17)28-14-20(29-11-12-30-16(2)15-29)21-18(23)8-6-9-19(21)24/h4-10,16,20H,3,11-15H2,1-2H3,(H2,25,27,28). The van der Waals surface area contributed by atoms with Gasteiger partial charge in [0.25, 0.3) is 0 Å². The summed E-state index contributed by atoms with van der Waals surface area (Å²) < 4.78 is 20.4. The van der Waals surface area contributed by atoms with Gasteiger partial charge in [-0.2, -0.15) is 0 Å². The highest BCUT2D eigenvalue weighted by atomic mass is 35.5.